The van der Waals surface area contributed by atoms with Gasteiger partial charge in [0.25, 0.3) is 0 Å². The molecular weight excluding hydrogens is 178 g/mol. The molecule has 0 saturated carbocycles. The minimum atomic E-state index is 1.15. The van der Waals surface area contributed by atoms with Crippen molar-refractivity contribution in [3.8, 4) is 0 Å². The van der Waals surface area contributed by atoms with Crippen LogP contribution in [0, 0.1) is 0 Å². The molecule has 0 atom stereocenters. The summed E-state index contributed by atoms with van der Waals surface area (Å²) in [4.78, 5) is 2.15. The normalized spacial score (nSPS) is 12.5. The van der Waals surface area contributed by atoms with Crippen molar-refractivity contribution in [1.82, 2.24) is 4.90 Å². The number of hydrogen-bond acceptors (Lipinski definition) is 2. The van der Waals surface area contributed by atoms with Crippen molar-refractivity contribution in [3.05, 3.63) is 23.3 Å². The molecule has 0 aliphatic carbocycles. The lowest BCUT2D eigenvalue weighted by molar-refractivity contribution is 0.509. The fourth-order valence-electron chi connectivity index (χ4n) is 0.975. The van der Waals surface area contributed by atoms with Gasteiger partial charge < -0.3 is 4.90 Å². The van der Waals surface area contributed by atoms with E-state index in [-0.39, 0.29) is 0 Å². The van der Waals surface area contributed by atoms with Crippen LogP contribution in [0.4, 0.5) is 0 Å². The second-order valence-electron chi connectivity index (χ2n) is 3.41. The molecule has 0 spiro atoms. The van der Waals surface area contributed by atoms with E-state index >= 15 is 0 Å². The first-order chi connectivity index (χ1) is 6.18. The average Bonchev–Trinajstić information content (AvgIpc) is 2.10. The van der Waals surface area contributed by atoms with Crippen LogP contribution < -0.4 is 0 Å². The SMILES string of the molecule is C/C(=C/CCCC/C=C\S)N(C)C. The predicted molar refractivity (Wildman–Crippen MR) is 64.0 cm³/mol. The quantitative estimate of drug-likeness (QED) is 0.506. The van der Waals surface area contributed by atoms with E-state index in [9.17, 15) is 0 Å². The molecule has 0 aromatic heterocycles. The van der Waals surface area contributed by atoms with Crippen LogP contribution in [0.15, 0.2) is 23.3 Å². The summed E-state index contributed by atoms with van der Waals surface area (Å²) in [5, 5.41) is 1.82. The van der Waals surface area contributed by atoms with Gasteiger partial charge in [0.05, 0.1) is 0 Å². The van der Waals surface area contributed by atoms with E-state index in [1.807, 2.05) is 5.41 Å². The molecule has 0 unspecified atom stereocenters. The van der Waals surface area contributed by atoms with Crippen LogP contribution in [0.3, 0.4) is 0 Å². The summed E-state index contributed by atoms with van der Waals surface area (Å²) in [6.45, 7) is 2.15. The molecule has 0 amide bonds. The molecule has 0 heterocycles. The second-order valence-corrected chi connectivity index (χ2v) is 3.71. The van der Waals surface area contributed by atoms with Gasteiger partial charge in [0, 0.05) is 19.8 Å². The van der Waals surface area contributed by atoms with Crippen LogP contribution in [0.5, 0.6) is 0 Å². The van der Waals surface area contributed by atoms with Crippen molar-refractivity contribution >= 4 is 12.6 Å². The molecule has 0 aliphatic rings. The van der Waals surface area contributed by atoms with E-state index in [4.69, 9.17) is 0 Å². The molecule has 0 saturated heterocycles. The molecule has 0 bridgehead atoms. The van der Waals surface area contributed by atoms with Gasteiger partial charge in [-0.15, -0.1) is 0 Å². The zero-order chi connectivity index (χ0) is 10.1. The Balaban J connectivity index is 3.39. The summed E-state index contributed by atoms with van der Waals surface area (Å²) in [5.41, 5.74) is 1.35. The molecule has 1 nitrogen and oxygen atoms in total. The fraction of sp³-hybridized carbons (Fsp3) is 0.636. The first-order valence-electron chi connectivity index (χ1n) is 4.81. The van der Waals surface area contributed by atoms with Crippen LogP contribution in [0.25, 0.3) is 0 Å². The summed E-state index contributed by atoms with van der Waals surface area (Å²) in [6.07, 6.45) is 9.26. The Bertz CT molecular complexity index is 171. The number of hydrogen-bond donors (Lipinski definition) is 1. The molecule has 0 N–H and O–H groups in total. The zero-order valence-corrected chi connectivity index (χ0v) is 9.85. The van der Waals surface area contributed by atoms with Crippen LogP contribution in [-0.2, 0) is 0 Å². The first kappa shape index (κ1) is 12.6. The van der Waals surface area contributed by atoms with Gasteiger partial charge in [0.2, 0.25) is 0 Å². The molecule has 0 rings (SSSR count). The molecule has 0 radical (unpaired) electrons. The second kappa shape index (κ2) is 8.24. The average molecular weight is 199 g/mol. The standard InChI is InChI=1S/C11H21NS/c1-11(12(2)3)9-7-5-4-6-8-10-13/h8-10,13H,4-7H2,1-3H3/b10-8-,11-9-. The van der Waals surface area contributed by atoms with Crippen molar-refractivity contribution in [2.45, 2.75) is 32.6 Å². The monoisotopic (exact) mass is 199 g/mol. The molecule has 0 fully saturated rings. The molecule has 2 heteroatoms. The third-order valence-electron chi connectivity index (χ3n) is 2.08. The molecule has 0 aromatic carbocycles. The summed E-state index contributed by atoms with van der Waals surface area (Å²) in [5.74, 6) is 0. The molecular formula is C11H21NS. The summed E-state index contributed by atoms with van der Waals surface area (Å²) < 4.78 is 0. The molecule has 76 valence electrons. The maximum atomic E-state index is 4.01. The van der Waals surface area contributed by atoms with Gasteiger partial charge in [-0.1, -0.05) is 12.2 Å². The highest BCUT2D eigenvalue weighted by molar-refractivity contribution is 7.83. The van der Waals surface area contributed by atoms with E-state index in [1.54, 1.807) is 0 Å². The highest BCUT2D eigenvalue weighted by Gasteiger charge is 1.89. The maximum absolute atomic E-state index is 4.01. The molecule has 0 aliphatic heterocycles. The van der Waals surface area contributed by atoms with Crippen LogP contribution in [0.1, 0.15) is 32.6 Å². The number of rotatable bonds is 6. The Labute approximate surface area is 87.9 Å². The van der Waals surface area contributed by atoms with Crippen molar-refractivity contribution in [2.75, 3.05) is 14.1 Å². The topological polar surface area (TPSA) is 3.24 Å². The smallest absolute Gasteiger partial charge is 0.00579 e. The van der Waals surface area contributed by atoms with Crippen LogP contribution in [-0.4, -0.2) is 19.0 Å². The lowest BCUT2D eigenvalue weighted by Crippen LogP contribution is -2.07. The Kier molecular flexibility index (Phi) is 8.00. The Morgan fingerprint density at radius 2 is 1.85 bits per heavy atom. The fourth-order valence-corrected chi connectivity index (χ4v) is 1.12. The van der Waals surface area contributed by atoms with Gasteiger partial charge >= 0.3 is 0 Å². The van der Waals surface area contributed by atoms with E-state index in [1.165, 1.54) is 25.0 Å². The Hall–Kier alpha value is -0.370. The van der Waals surface area contributed by atoms with Crippen LogP contribution >= 0.6 is 12.6 Å². The zero-order valence-electron chi connectivity index (χ0n) is 8.95. The Morgan fingerprint density at radius 3 is 2.38 bits per heavy atom. The van der Waals surface area contributed by atoms with E-state index in [0.29, 0.717) is 0 Å². The molecule has 13 heavy (non-hydrogen) atoms. The van der Waals surface area contributed by atoms with Crippen molar-refractivity contribution in [2.24, 2.45) is 0 Å². The van der Waals surface area contributed by atoms with Crippen molar-refractivity contribution < 1.29 is 0 Å². The lowest BCUT2D eigenvalue weighted by Gasteiger charge is -2.12. The van der Waals surface area contributed by atoms with E-state index < -0.39 is 0 Å². The summed E-state index contributed by atoms with van der Waals surface area (Å²) >= 11 is 4.01. The number of unbranched alkanes of at least 4 members (excludes halogenated alkanes) is 3. The third-order valence-corrected chi connectivity index (χ3v) is 2.29. The highest BCUT2D eigenvalue weighted by Crippen LogP contribution is 2.05. The van der Waals surface area contributed by atoms with Gasteiger partial charge in [-0.05, 0) is 38.0 Å². The number of nitrogens with zero attached hydrogens (tertiary/aromatic N) is 1. The largest absolute Gasteiger partial charge is 0.381 e. The highest BCUT2D eigenvalue weighted by atomic mass is 32.1. The van der Waals surface area contributed by atoms with Gasteiger partial charge in [-0.3, -0.25) is 0 Å². The third kappa shape index (κ3) is 7.97. The van der Waals surface area contributed by atoms with Gasteiger partial charge in [0.1, 0.15) is 0 Å². The van der Waals surface area contributed by atoms with E-state index in [0.717, 1.165) is 6.42 Å². The first-order valence-corrected chi connectivity index (χ1v) is 5.33. The minimum absolute atomic E-state index is 1.15. The van der Waals surface area contributed by atoms with E-state index in [2.05, 4.69) is 50.7 Å². The van der Waals surface area contributed by atoms with Gasteiger partial charge in [-0.25, -0.2) is 0 Å². The summed E-state index contributed by atoms with van der Waals surface area (Å²) in [7, 11) is 4.16. The molecule has 0 aromatic rings. The maximum Gasteiger partial charge on any atom is 0.00579 e. The van der Waals surface area contributed by atoms with Crippen molar-refractivity contribution in [3.63, 3.8) is 0 Å². The van der Waals surface area contributed by atoms with Gasteiger partial charge in [0.15, 0.2) is 0 Å². The number of thiol groups is 1. The predicted octanol–water partition coefficient (Wildman–Crippen LogP) is 3.46. The minimum Gasteiger partial charge on any atom is -0.381 e. The lowest BCUT2D eigenvalue weighted by atomic mass is 10.2. The van der Waals surface area contributed by atoms with Crippen LogP contribution in [0.2, 0.25) is 0 Å². The van der Waals surface area contributed by atoms with Crippen molar-refractivity contribution in [1.29, 1.82) is 0 Å². The van der Waals surface area contributed by atoms with Gasteiger partial charge in [-0.2, -0.15) is 12.6 Å². The number of allylic oxidation sites excluding steroid dienone is 3. The summed E-state index contributed by atoms with van der Waals surface area (Å²) in [6, 6.07) is 0. The Morgan fingerprint density at radius 1 is 1.23 bits per heavy atom.